The summed E-state index contributed by atoms with van der Waals surface area (Å²) in [6.45, 7) is 5.04. The third kappa shape index (κ3) is 5.29. The standard InChI is InChI=1S/C18H22N2O3/c1-3-22-16-9-7-14(12-17(16)23-4-2)8-10-18(21)20-15-6-5-11-19-13-15/h5-7,9,11-13H,3-4,8,10H2,1-2H3,(H,20,21). The number of hydrogen-bond donors (Lipinski definition) is 1. The fraction of sp³-hybridized carbons (Fsp3) is 0.333. The van der Waals surface area contributed by atoms with Gasteiger partial charge in [0.1, 0.15) is 0 Å². The predicted molar refractivity (Wildman–Crippen MR) is 90.0 cm³/mol. The number of carbonyl (C=O) groups is 1. The highest BCUT2D eigenvalue weighted by Gasteiger charge is 2.08. The molecular weight excluding hydrogens is 292 g/mol. The first kappa shape index (κ1) is 16.8. The summed E-state index contributed by atoms with van der Waals surface area (Å²) in [6.07, 6.45) is 4.33. The number of aryl methyl sites for hydroxylation is 1. The van der Waals surface area contributed by atoms with Crippen LogP contribution in [0.1, 0.15) is 25.8 Å². The third-order valence-corrected chi connectivity index (χ3v) is 3.19. The van der Waals surface area contributed by atoms with Crippen LogP contribution in [0.2, 0.25) is 0 Å². The Kier molecular flexibility index (Phi) is 6.41. The van der Waals surface area contributed by atoms with Crippen molar-refractivity contribution in [3.05, 3.63) is 48.3 Å². The molecule has 0 aliphatic rings. The molecule has 0 radical (unpaired) electrons. The number of amides is 1. The molecule has 1 N–H and O–H groups in total. The minimum absolute atomic E-state index is 0.0372. The van der Waals surface area contributed by atoms with Crippen LogP contribution < -0.4 is 14.8 Å². The van der Waals surface area contributed by atoms with E-state index in [-0.39, 0.29) is 5.91 Å². The number of nitrogens with one attached hydrogen (secondary N) is 1. The average Bonchev–Trinajstić information content (AvgIpc) is 2.56. The normalized spacial score (nSPS) is 10.2. The van der Waals surface area contributed by atoms with Gasteiger partial charge in [0.05, 0.1) is 25.1 Å². The Morgan fingerprint density at radius 1 is 1.13 bits per heavy atom. The van der Waals surface area contributed by atoms with Crippen LogP contribution in [0.3, 0.4) is 0 Å². The number of nitrogens with zero attached hydrogens (tertiary/aromatic N) is 1. The lowest BCUT2D eigenvalue weighted by atomic mass is 10.1. The summed E-state index contributed by atoms with van der Waals surface area (Å²) in [7, 11) is 0. The van der Waals surface area contributed by atoms with E-state index in [0.29, 0.717) is 31.7 Å². The molecule has 1 heterocycles. The molecule has 23 heavy (non-hydrogen) atoms. The van der Waals surface area contributed by atoms with Gasteiger partial charge in [-0.25, -0.2) is 0 Å². The summed E-state index contributed by atoms with van der Waals surface area (Å²) in [6, 6.07) is 9.39. The van der Waals surface area contributed by atoms with Crippen LogP contribution in [-0.2, 0) is 11.2 Å². The van der Waals surface area contributed by atoms with Crippen LogP contribution in [0.4, 0.5) is 5.69 Å². The number of ether oxygens (including phenoxy) is 2. The summed E-state index contributed by atoms with van der Waals surface area (Å²) >= 11 is 0. The van der Waals surface area contributed by atoms with Gasteiger partial charge in [0.2, 0.25) is 5.91 Å². The minimum Gasteiger partial charge on any atom is -0.490 e. The predicted octanol–water partition coefficient (Wildman–Crippen LogP) is 3.45. The largest absolute Gasteiger partial charge is 0.490 e. The minimum atomic E-state index is -0.0372. The molecule has 0 aliphatic heterocycles. The van der Waals surface area contributed by atoms with Gasteiger partial charge in [0.25, 0.3) is 0 Å². The van der Waals surface area contributed by atoms with Crippen LogP contribution >= 0.6 is 0 Å². The van der Waals surface area contributed by atoms with Crippen molar-refractivity contribution in [2.75, 3.05) is 18.5 Å². The Balaban J connectivity index is 1.94. The van der Waals surface area contributed by atoms with E-state index < -0.39 is 0 Å². The van der Waals surface area contributed by atoms with Crippen LogP contribution in [0.25, 0.3) is 0 Å². The summed E-state index contributed by atoms with van der Waals surface area (Å²) < 4.78 is 11.1. The molecule has 0 fully saturated rings. The van der Waals surface area contributed by atoms with Crippen LogP contribution in [-0.4, -0.2) is 24.1 Å². The maximum Gasteiger partial charge on any atom is 0.224 e. The quantitative estimate of drug-likeness (QED) is 0.810. The van der Waals surface area contributed by atoms with E-state index in [0.717, 1.165) is 17.1 Å². The van der Waals surface area contributed by atoms with E-state index in [4.69, 9.17) is 9.47 Å². The molecule has 1 aromatic heterocycles. The first-order valence-electron chi connectivity index (χ1n) is 7.81. The van der Waals surface area contributed by atoms with Gasteiger partial charge in [0, 0.05) is 12.6 Å². The second-order valence-electron chi connectivity index (χ2n) is 4.94. The Hall–Kier alpha value is -2.56. The second-order valence-corrected chi connectivity index (χ2v) is 4.94. The molecule has 0 saturated carbocycles. The smallest absolute Gasteiger partial charge is 0.224 e. The molecule has 0 atom stereocenters. The van der Waals surface area contributed by atoms with Gasteiger partial charge in [-0.3, -0.25) is 9.78 Å². The van der Waals surface area contributed by atoms with Gasteiger partial charge in [-0.2, -0.15) is 0 Å². The average molecular weight is 314 g/mol. The number of benzene rings is 1. The van der Waals surface area contributed by atoms with Crippen LogP contribution in [0.15, 0.2) is 42.7 Å². The van der Waals surface area contributed by atoms with Crippen molar-refractivity contribution in [1.29, 1.82) is 0 Å². The molecule has 0 saturated heterocycles. The molecule has 2 rings (SSSR count). The first-order chi connectivity index (χ1) is 11.2. The zero-order valence-corrected chi connectivity index (χ0v) is 13.5. The number of pyridine rings is 1. The maximum atomic E-state index is 12.0. The van der Waals surface area contributed by atoms with Gasteiger partial charge in [-0.15, -0.1) is 0 Å². The van der Waals surface area contributed by atoms with Crippen LogP contribution in [0, 0.1) is 0 Å². The van der Waals surface area contributed by atoms with Gasteiger partial charge < -0.3 is 14.8 Å². The van der Waals surface area contributed by atoms with Crippen molar-refractivity contribution in [2.24, 2.45) is 0 Å². The third-order valence-electron chi connectivity index (χ3n) is 3.19. The zero-order chi connectivity index (χ0) is 16.5. The second kappa shape index (κ2) is 8.78. The number of rotatable bonds is 8. The van der Waals surface area contributed by atoms with Crippen molar-refractivity contribution in [1.82, 2.24) is 4.98 Å². The lowest BCUT2D eigenvalue weighted by Crippen LogP contribution is -2.12. The molecule has 0 unspecified atom stereocenters. The number of anilines is 1. The van der Waals surface area contributed by atoms with Gasteiger partial charge in [-0.05, 0) is 50.1 Å². The molecular formula is C18H22N2O3. The summed E-state index contributed by atoms with van der Waals surface area (Å²) in [5.74, 6) is 1.42. The Labute approximate surface area is 136 Å². The van der Waals surface area contributed by atoms with E-state index in [1.807, 2.05) is 38.1 Å². The van der Waals surface area contributed by atoms with Crippen molar-refractivity contribution in [2.45, 2.75) is 26.7 Å². The van der Waals surface area contributed by atoms with E-state index in [1.54, 1.807) is 18.5 Å². The van der Waals surface area contributed by atoms with Crippen molar-refractivity contribution < 1.29 is 14.3 Å². The van der Waals surface area contributed by atoms with Crippen molar-refractivity contribution in [3.63, 3.8) is 0 Å². The van der Waals surface area contributed by atoms with E-state index in [9.17, 15) is 4.79 Å². The highest BCUT2D eigenvalue weighted by molar-refractivity contribution is 5.90. The molecule has 1 aromatic carbocycles. The fourth-order valence-electron chi connectivity index (χ4n) is 2.17. The highest BCUT2D eigenvalue weighted by atomic mass is 16.5. The molecule has 5 heteroatoms. The molecule has 1 amide bonds. The summed E-state index contributed by atoms with van der Waals surface area (Å²) in [4.78, 5) is 15.9. The summed E-state index contributed by atoms with van der Waals surface area (Å²) in [5.41, 5.74) is 1.75. The van der Waals surface area contributed by atoms with Gasteiger partial charge >= 0.3 is 0 Å². The van der Waals surface area contributed by atoms with E-state index in [1.165, 1.54) is 0 Å². The SMILES string of the molecule is CCOc1ccc(CCC(=O)Nc2cccnc2)cc1OCC. The molecule has 0 spiro atoms. The topological polar surface area (TPSA) is 60.5 Å². The Morgan fingerprint density at radius 3 is 2.61 bits per heavy atom. The Morgan fingerprint density at radius 2 is 1.91 bits per heavy atom. The maximum absolute atomic E-state index is 12.0. The van der Waals surface area contributed by atoms with Crippen molar-refractivity contribution >= 4 is 11.6 Å². The lowest BCUT2D eigenvalue weighted by Gasteiger charge is -2.12. The van der Waals surface area contributed by atoms with Crippen LogP contribution in [0.5, 0.6) is 11.5 Å². The highest BCUT2D eigenvalue weighted by Crippen LogP contribution is 2.29. The molecule has 5 nitrogen and oxygen atoms in total. The monoisotopic (exact) mass is 314 g/mol. The fourth-order valence-corrected chi connectivity index (χ4v) is 2.17. The zero-order valence-electron chi connectivity index (χ0n) is 13.5. The molecule has 0 aliphatic carbocycles. The van der Waals surface area contributed by atoms with E-state index in [2.05, 4.69) is 10.3 Å². The van der Waals surface area contributed by atoms with Gasteiger partial charge in [0.15, 0.2) is 11.5 Å². The molecule has 2 aromatic rings. The number of hydrogen-bond acceptors (Lipinski definition) is 4. The Bertz CT molecular complexity index is 629. The van der Waals surface area contributed by atoms with Gasteiger partial charge in [-0.1, -0.05) is 6.07 Å². The van der Waals surface area contributed by atoms with E-state index >= 15 is 0 Å². The summed E-state index contributed by atoms with van der Waals surface area (Å²) in [5, 5.41) is 2.83. The number of carbonyl (C=O) groups excluding carboxylic acids is 1. The van der Waals surface area contributed by atoms with Crippen molar-refractivity contribution in [3.8, 4) is 11.5 Å². The lowest BCUT2D eigenvalue weighted by molar-refractivity contribution is -0.116. The molecule has 122 valence electrons. The number of aromatic nitrogens is 1. The molecule has 0 bridgehead atoms. The first-order valence-corrected chi connectivity index (χ1v) is 7.81.